The summed E-state index contributed by atoms with van der Waals surface area (Å²) < 4.78 is 16.4. The highest BCUT2D eigenvalue weighted by Gasteiger charge is 2.34. The van der Waals surface area contributed by atoms with Gasteiger partial charge >= 0.3 is 0 Å². The quantitative estimate of drug-likeness (QED) is 0.941. The standard InChI is InChI=1S/C16H16N2O4/c1-10-15(22-13-6-4-3-5-12(13)21-10)16(19)18-11-7-8-14(20-2)17-9-11/h3-10,15H,1-2H3,(H,18,19)/t10-,15+/m1/s1. The van der Waals surface area contributed by atoms with E-state index in [0.717, 1.165) is 0 Å². The molecule has 0 unspecified atom stereocenters. The van der Waals surface area contributed by atoms with Crippen LogP contribution in [0.5, 0.6) is 17.4 Å². The van der Waals surface area contributed by atoms with Gasteiger partial charge in [-0.1, -0.05) is 12.1 Å². The number of nitrogens with one attached hydrogen (secondary N) is 1. The summed E-state index contributed by atoms with van der Waals surface area (Å²) in [5.74, 6) is 1.41. The summed E-state index contributed by atoms with van der Waals surface area (Å²) in [7, 11) is 1.53. The molecule has 1 aromatic carbocycles. The summed E-state index contributed by atoms with van der Waals surface area (Å²) in [6, 6.07) is 10.7. The summed E-state index contributed by atoms with van der Waals surface area (Å²) >= 11 is 0. The Bertz CT molecular complexity index is 672. The molecular weight excluding hydrogens is 284 g/mol. The minimum atomic E-state index is -0.725. The van der Waals surface area contributed by atoms with Crippen LogP contribution in [0.15, 0.2) is 42.6 Å². The number of amides is 1. The second kappa shape index (κ2) is 5.93. The fraction of sp³-hybridized carbons (Fsp3) is 0.250. The van der Waals surface area contributed by atoms with Crippen LogP contribution in [0.25, 0.3) is 0 Å². The molecule has 1 aliphatic rings. The summed E-state index contributed by atoms with van der Waals surface area (Å²) in [5.41, 5.74) is 0.570. The van der Waals surface area contributed by atoms with Crippen LogP contribution in [0.4, 0.5) is 5.69 Å². The Morgan fingerprint density at radius 3 is 2.55 bits per heavy atom. The maximum absolute atomic E-state index is 12.4. The first-order valence-electron chi connectivity index (χ1n) is 6.90. The van der Waals surface area contributed by atoms with Crippen LogP contribution < -0.4 is 19.5 Å². The van der Waals surface area contributed by atoms with Crippen LogP contribution >= 0.6 is 0 Å². The molecule has 22 heavy (non-hydrogen) atoms. The first kappa shape index (κ1) is 14.2. The molecule has 114 valence electrons. The fourth-order valence-electron chi connectivity index (χ4n) is 2.19. The molecule has 1 aromatic heterocycles. The number of aromatic nitrogens is 1. The minimum absolute atomic E-state index is 0.283. The molecule has 0 saturated carbocycles. The van der Waals surface area contributed by atoms with Crippen LogP contribution in [0.3, 0.4) is 0 Å². The van der Waals surface area contributed by atoms with Crippen molar-refractivity contribution in [3.05, 3.63) is 42.6 Å². The Morgan fingerprint density at radius 1 is 1.18 bits per heavy atom. The third-order valence-electron chi connectivity index (χ3n) is 3.31. The molecule has 1 amide bonds. The van der Waals surface area contributed by atoms with Gasteiger partial charge in [-0.25, -0.2) is 4.98 Å². The van der Waals surface area contributed by atoms with Crippen LogP contribution in [0.2, 0.25) is 0 Å². The van der Waals surface area contributed by atoms with E-state index in [1.165, 1.54) is 13.3 Å². The van der Waals surface area contributed by atoms with E-state index in [4.69, 9.17) is 14.2 Å². The van der Waals surface area contributed by atoms with Gasteiger partial charge in [-0.05, 0) is 25.1 Å². The average molecular weight is 300 g/mol. The molecule has 1 N–H and O–H groups in total. The summed E-state index contributed by atoms with van der Waals surface area (Å²) in [4.78, 5) is 16.4. The van der Waals surface area contributed by atoms with Crippen LogP contribution in [-0.4, -0.2) is 30.2 Å². The molecule has 2 heterocycles. The predicted octanol–water partition coefficient (Wildman–Crippen LogP) is 2.26. The molecule has 0 fully saturated rings. The van der Waals surface area contributed by atoms with Crippen LogP contribution in [0.1, 0.15) is 6.92 Å². The van der Waals surface area contributed by atoms with Gasteiger partial charge in [0.1, 0.15) is 6.10 Å². The Balaban J connectivity index is 1.72. The number of hydrogen-bond donors (Lipinski definition) is 1. The van der Waals surface area contributed by atoms with Crippen molar-refractivity contribution in [1.29, 1.82) is 0 Å². The molecule has 2 aromatic rings. The van der Waals surface area contributed by atoms with E-state index in [2.05, 4.69) is 10.3 Å². The maximum atomic E-state index is 12.4. The average Bonchev–Trinajstić information content (AvgIpc) is 2.54. The van der Waals surface area contributed by atoms with Gasteiger partial charge in [0.2, 0.25) is 12.0 Å². The van der Waals surface area contributed by atoms with Crippen molar-refractivity contribution in [2.24, 2.45) is 0 Å². The number of carbonyl (C=O) groups is 1. The first-order chi connectivity index (χ1) is 10.7. The fourth-order valence-corrected chi connectivity index (χ4v) is 2.19. The summed E-state index contributed by atoms with van der Waals surface area (Å²) in [5, 5.41) is 2.76. The molecule has 1 aliphatic heterocycles. The van der Waals surface area contributed by atoms with Crippen molar-refractivity contribution < 1.29 is 19.0 Å². The number of hydrogen-bond acceptors (Lipinski definition) is 5. The van der Waals surface area contributed by atoms with E-state index >= 15 is 0 Å². The number of nitrogens with zero attached hydrogens (tertiary/aromatic N) is 1. The monoisotopic (exact) mass is 300 g/mol. The van der Waals surface area contributed by atoms with E-state index in [-0.39, 0.29) is 12.0 Å². The molecule has 3 rings (SSSR count). The van der Waals surface area contributed by atoms with Crippen LogP contribution in [0, 0.1) is 0 Å². The highest BCUT2D eigenvalue weighted by Crippen LogP contribution is 2.33. The minimum Gasteiger partial charge on any atom is -0.482 e. The van der Waals surface area contributed by atoms with Crippen molar-refractivity contribution >= 4 is 11.6 Å². The molecule has 0 saturated heterocycles. The number of rotatable bonds is 3. The molecule has 0 radical (unpaired) electrons. The Kier molecular flexibility index (Phi) is 3.82. The third kappa shape index (κ3) is 2.81. The number of pyridine rings is 1. The number of fused-ring (bicyclic) bond motifs is 1. The molecule has 0 aliphatic carbocycles. The van der Waals surface area contributed by atoms with Gasteiger partial charge in [0.25, 0.3) is 5.91 Å². The van der Waals surface area contributed by atoms with E-state index in [1.807, 2.05) is 18.2 Å². The van der Waals surface area contributed by atoms with Gasteiger partial charge in [-0.3, -0.25) is 4.79 Å². The lowest BCUT2D eigenvalue weighted by molar-refractivity contribution is -0.128. The lowest BCUT2D eigenvalue weighted by atomic mass is 10.1. The van der Waals surface area contributed by atoms with Crippen molar-refractivity contribution in [3.63, 3.8) is 0 Å². The predicted molar refractivity (Wildman–Crippen MR) is 80.4 cm³/mol. The normalized spacial score (nSPS) is 19.4. The zero-order valence-corrected chi connectivity index (χ0v) is 12.3. The Morgan fingerprint density at radius 2 is 1.91 bits per heavy atom. The highest BCUT2D eigenvalue weighted by molar-refractivity contribution is 5.95. The second-order valence-corrected chi connectivity index (χ2v) is 4.89. The zero-order valence-electron chi connectivity index (χ0n) is 12.3. The largest absolute Gasteiger partial charge is 0.482 e. The zero-order chi connectivity index (χ0) is 15.5. The van der Waals surface area contributed by atoms with Gasteiger partial charge in [0, 0.05) is 6.07 Å². The molecule has 6 heteroatoms. The third-order valence-corrected chi connectivity index (χ3v) is 3.31. The smallest absolute Gasteiger partial charge is 0.269 e. The second-order valence-electron chi connectivity index (χ2n) is 4.89. The molecule has 2 atom stereocenters. The number of carbonyl (C=O) groups excluding carboxylic acids is 1. The SMILES string of the molecule is COc1ccc(NC(=O)[C@H]2Oc3ccccc3O[C@@H]2C)cn1. The Labute approximate surface area is 128 Å². The molecule has 6 nitrogen and oxygen atoms in total. The van der Waals surface area contributed by atoms with Crippen molar-refractivity contribution in [2.75, 3.05) is 12.4 Å². The number of ether oxygens (including phenoxy) is 3. The van der Waals surface area contributed by atoms with E-state index in [1.54, 1.807) is 25.1 Å². The van der Waals surface area contributed by atoms with E-state index < -0.39 is 6.10 Å². The van der Waals surface area contributed by atoms with Crippen LogP contribution in [-0.2, 0) is 4.79 Å². The van der Waals surface area contributed by atoms with Crippen molar-refractivity contribution in [2.45, 2.75) is 19.1 Å². The van der Waals surface area contributed by atoms with Gasteiger partial charge in [0.05, 0.1) is 19.0 Å². The topological polar surface area (TPSA) is 69.7 Å². The highest BCUT2D eigenvalue weighted by atomic mass is 16.6. The lowest BCUT2D eigenvalue weighted by Gasteiger charge is -2.30. The summed E-state index contributed by atoms with van der Waals surface area (Å²) in [6.45, 7) is 1.80. The van der Waals surface area contributed by atoms with Gasteiger partial charge in [-0.2, -0.15) is 0 Å². The number of anilines is 1. The maximum Gasteiger partial charge on any atom is 0.269 e. The van der Waals surface area contributed by atoms with Crippen molar-refractivity contribution in [1.82, 2.24) is 4.98 Å². The number of para-hydroxylation sites is 2. The van der Waals surface area contributed by atoms with Gasteiger partial charge in [0.15, 0.2) is 11.5 Å². The van der Waals surface area contributed by atoms with E-state index in [0.29, 0.717) is 23.1 Å². The molecule has 0 bridgehead atoms. The Hall–Kier alpha value is -2.76. The molecule has 0 spiro atoms. The number of methoxy groups -OCH3 is 1. The summed E-state index contributed by atoms with van der Waals surface area (Å²) in [6.07, 6.45) is 0.414. The van der Waals surface area contributed by atoms with Gasteiger partial charge in [-0.15, -0.1) is 0 Å². The van der Waals surface area contributed by atoms with Gasteiger partial charge < -0.3 is 19.5 Å². The first-order valence-corrected chi connectivity index (χ1v) is 6.90. The lowest BCUT2D eigenvalue weighted by Crippen LogP contribution is -2.46. The van der Waals surface area contributed by atoms with Crippen molar-refractivity contribution in [3.8, 4) is 17.4 Å². The van der Waals surface area contributed by atoms with E-state index in [9.17, 15) is 4.79 Å². The number of benzene rings is 1. The molecular formula is C16H16N2O4.